The maximum atomic E-state index is 12.3. The van der Waals surface area contributed by atoms with E-state index < -0.39 is 10.0 Å². The minimum Gasteiger partial charge on any atom is -0.352 e. The Morgan fingerprint density at radius 1 is 1.38 bits per heavy atom. The monoisotopic (exact) mass is 311 g/mol. The smallest absolute Gasteiger partial charge is 0.238 e. The van der Waals surface area contributed by atoms with Gasteiger partial charge in [-0.1, -0.05) is 19.1 Å². The Hall–Kier alpha value is -1.44. The molecule has 0 aliphatic carbocycles. The maximum Gasteiger partial charge on any atom is 0.238 e. The van der Waals surface area contributed by atoms with Crippen molar-refractivity contribution < 1.29 is 13.2 Å². The van der Waals surface area contributed by atoms with Gasteiger partial charge in [-0.3, -0.25) is 4.79 Å². The van der Waals surface area contributed by atoms with Crippen LogP contribution in [0.15, 0.2) is 29.2 Å². The highest BCUT2D eigenvalue weighted by Crippen LogP contribution is 2.28. The minimum absolute atomic E-state index is 0.00464. The predicted molar refractivity (Wildman–Crippen MR) is 79.9 cm³/mol. The van der Waals surface area contributed by atoms with E-state index in [-0.39, 0.29) is 16.2 Å². The summed E-state index contributed by atoms with van der Waals surface area (Å²) in [5, 5.41) is 11.2. The second kappa shape index (κ2) is 6.13. The van der Waals surface area contributed by atoms with Crippen LogP contribution in [0.3, 0.4) is 0 Å². The maximum absolute atomic E-state index is 12.3. The molecular formula is C14H21N3O3S. The van der Waals surface area contributed by atoms with Crippen LogP contribution in [0.2, 0.25) is 0 Å². The molecule has 1 aliphatic rings. The number of amides is 1. The molecule has 0 radical (unpaired) electrons. The number of hydrogen-bond donors (Lipinski definition) is 3. The molecule has 21 heavy (non-hydrogen) atoms. The van der Waals surface area contributed by atoms with Crippen molar-refractivity contribution in [2.24, 2.45) is 10.6 Å². The normalized spacial score (nSPS) is 18.2. The summed E-state index contributed by atoms with van der Waals surface area (Å²) >= 11 is 0. The third-order valence-corrected chi connectivity index (χ3v) is 4.85. The molecule has 6 nitrogen and oxygen atoms in total. The van der Waals surface area contributed by atoms with Gasteiger partial charge in [-0.2, -0.15) is 0 Å². The summed E-state index contributed by atoms with van der Waals surface area (Å²) in [6.07, 6.45) is 1.60. The van der Waals surface area contributed by atoms with Crippen LogP contribution in [-0.4, -0.2) is 27.4 Å². The summed E-state index contributed by atoms with van der Waals surface area (Å²) in [5.74, 6) is 0.00464. The molecule has 0 spiro atoms. The van der Waals surface area contributed by atoms with Gasteiger partial charge in [0, 0.05) is 12.0 Å². The Bertz CT molecular complexity index is 622. The lowest BCUT2D eigenvalue weighted by Gasteiger charge is -2.32. The van der Waals surface area contributed by atoms with Crippen LogP contribution in [0.5, 0.6) is 0 Å². The van der Waals surface area contributed by atoms with Gasteiger partial charge in [-0.25, -0.2) is 13.6 Å². The third kappa shape index (κ3) is 4.03. The Morgan fingerprint density at radius 2 is 2.05 bits per heavy atom. The zero-order valence-electron chi connectivity index (χ0n) is 12.1. The number of piperidine rings is 1. The van der Waals surface area contributed by atoms with Crippen molar-refractivity contribution in [1.82, 2.24) is 10.6 Å². The second-order valence-electron chi connectivity index (χ2n) is 5.69. The molecule has 0 aromatic heterocycles. The number of hydrogen-bond acceptors (Lipinski definition) is 4. The number of carbonyl (C=O) groups is 1. The average molecular weight is 311 g/mol. The summed E-state index contributed by atoms with van der Waals surface area (Å²) < 4.78 is 22.6. The first-order valence-electron chi connectivity index (χ1n) is 6.92. The van der Waals surface area contributed by atoms with Crippen molar-refractivity contribution in [3.8, 4) is 0 Å². The summed E-state index contributed by atoms with van der Waals surface area (Å²) in [6.45, 7) is 3.94. The van der Waals surface area contributed by atoms with Crippen molar-refractivity contribution in [3.05, 3.63) is 29.8 Å². The minimum atomic E-state index is -3.72. The molecule has 7 heteroatoms. The molecular weight excluding hydrogens is 290 g/mol. The molecule has 1 fully saturated rings. The van der Waals surface area contributed by atoms with Crippen LogP contribution in [0.25, 0.3) is 0 Å². The van der Waals surface area contributed by atoms with E-state index in [1.807, 2.05) is 6.92 Å². The number of sulfonamides is 1. The van der Waals surface area contributed by atoms with E-state index in [9.17, 15) is 13.2 Å². The molecule has 1 aliphatic heterocycles. The Balaban J connectivity index is 2.01. The van der Waals surface area contributed by atoms with Gasteiger partial charge in [0.15, 0.2) is 0 Å². The van der Waals surface area contributed by atoms with Crippen molar-refractivity contribution in [1.29, 1.82) is 0 Å². The largest absolute Gasteiger partial charge is 0.352 e. The van der Waals surface area contributed by atoms with E-state index in [1.165, 1.54) is 12.1 Å². The van der Waals surface area contributed by atoms with Crippen molar-refractivity contribution in [3.63, 3.8) is 0 Å². The standard InChI is InChI=1S/C14H21N3O3S/c1-14(5-7-16-8-6-14)13(18)17-10-11-3-2-4-12(9-11)21(15,19)20/h2-4,9,16H,5-8,10H2,1H3,(H,17,18)(H2,15,19,20). The second-order valence-corrected chi connectivity index (χ2v) is 7.25. The Kier molecular flexibility index (Phi) is 4.65. The number of nitrogens with one attached hydrogen (secondary N) is 2. The molecule has 0 atom stereocenters. The van der Waals surface area contributed by atoms with E-state index in [0.717, 1.165) is 25.9 Å². The van der Waals surface area contributed by atoms with E-state index in [0.29, 0.717) is 12.1 Å². The summed E-state index contributed by atoms with van der Waals surface area (Å²) in [5.41, 5.74) is 0.357. The molecule has 1 aromatic carbocycles. The molecule has 4 N–H and O–H groups in total. The van der Waals surface area contributed by atoms with Gasteiger partial charge in [0.25, 0.3) is 0 Å². The van der Waals surface area contributed by atoms with Crippen LogP contribution in [0, 0.1) is 5.41 Å². The van der Waals surface area contributed by atoms with E-state index in [1.54, 1.807) is 12.1 Å². The molecule has 1 heterocycles. The first-order chi connectivity index (χ1) is 9.81. The first-order valence-corrected chi connectivity index (χ1v) is 8.47. The van der Waals surface area contributed by atoms with Crippen LogP contribution < -0.4 is 15.8 Å². The van der Waals surface area contributed by atoms with Gasteiger partial charge < -0.3 is 10.6 Å². The van der Waals surface area contributed by atoms with Crippen LogP contribution in [0.1, 0.15) is 25.3 Å². The first kappa shape index (κ1) is 15.9. The Morgan fingerprint density at radius 3 is 2.67 bits per heavy atom. The fourth-order valence-corrected chi connectivity index (χ4v) is 3.02. The van der Waals surface area contributed by atoms with Gasteiger partial charge in [0.1, 0.15) is 0 Å². The fourth-order valence-electron chi connectivity index (χ4n) is 2.43. The number of nitrogens with two attached hydrogens (primary N) is 1. The molecule has 0 unspecified atom stereocenters. The highest BCUT2D eigenvalue weighted by Gasteiger charge is 2.34. The topological polar surface area (TPSA) is 101 Å². The number of benzene rings is 1. The summed E-state index contributed by atoms with van der Waals surface area (Å²) in [7, 11) is -3.72. The lowest BCUT2D eigenvalue weighted by Crippen LogP contribution is -2.45. The van der Waals surface area contributed by atoms with Gasteiger partial charge in [0.2, 0.25) is 15.9 Å². The van der Waals surface area contributed by atoms with E-state index in [4.69, 9.17) is 5.14 Å². The van der Waals surface area contributed by atoms with Crippen LogP contribution in [-0.2, 0) is 21.4 Å². The zero-order chi connectivity index (χ0) is 15.5. The third-order valence-electron chi connectivity index (χ3n) is 3.94. The van der Waals surface area contributed by atoms with Crippen molar-refractivity contribution >= 4 is 15.9 Å². The molecule has 0 saturated carbocycles. The SMILES string of the molecule is CC1(C(=O)NCc2cccc(S(N)(=O)=O)c2)CCNCC1. The zero-order valence-corrected chi connectivity index (χ0v) is 12.9. The van der Waals surface area contributed by atoms with E-state index in [2.05, 4.69) is 10.6 Å². The summed E-state index contributed by atoms with van der Waals surface area (Å²) in [6, 6.07) is 6.31. The molecule has 2 rings (SSSR count). The predicted octanol–water partition coefficient (Wildman–Crippen LogP) is 0.340. The summed E-state index contributed by atoms with van der Waals surface area (Å²) in [4.78, 5) is 12.4. The van der Waals surface area contributed by atoms with E-state index >= 15 is 0 Å². The molecule has 116 valence electrons. The highest BCUT2D eigenvalue weighted by molar-refractivity contribution is 7.89. The van der Waals surface area contributed by atoms with Crippen LogP contribution >= 0.6 is 0 Å². The number of carbonyl (C=O) groups excluding carboxylic acids is 1. The lowest BCUT2D eigenvalue weighted by atomic mass is 9.80. The van der Waals surface area contributed by atoms with Crippen molar-refractivity contribution in [2.75, 3.05) is 13.1 Å². The van der Waals surface area contributed by atoms with Gasteiger partial charge >= 0.3 is 0 Å². The van der Waals surface area contributed by atoms with Gasteiger partial charge in [-0.15, -0.1) is 0 Å². The number of primary sulfonamides is 1. The van der Waals surface area contributed by atoms with Crippen molar-refractivity contribution in [2.45, 2.75) is 31.2 Å². The Labute approximate surface area is 125 Å². The fraction of sp³-hybridized carbons (Fsp3) is 0.500. The average Bonchev–Trinajstić information content (AvgIpc) is 2.45. The highest BCUT2D eigenvalue weighted by atomic mass is 32.2. The van der Waals surface area contributed by atoms with Gasteiger partial charge in [0.05, 0.1) is 4.90 Å². The number of rotatable bonds is 4. The molecule has 1 amide bonds. The molecule has 1 saturated heterocycles. The van der Waals surface area contributed by atoms with Crippen LogP contribution in [0.4, 0.5) is 0 Å². The molecule has 0 bridgehead atoms. The van der Waals surface area contributed by atoms with Gasteiger partial charge in [-0.05, 0) is 43.6 Å². The quantitative estimate of drug-likeness (QED) is 0.746. The lowest BCUT2D eigenvalue weighted by molar-refractivity contribution is -0.131. The molecule has 1 aromatic rings.